The summed E-state index contributed by atoms with van der Waals surface area (Å²) < 4.78 is 1.93. The molecule has 0 bridgehead atoms. The molecule has 4 nitrogen and oxygen atoms in total. The van der Waals surface area contributed by atoms with Crippen molar-refractivity contribution in [2.24, 2.45) is 5.41 Å². The van der Waals surface area contributed by atoms with Gasteiger partial charge in [0.2, 0.25) is 5.91 Å². The molecule has 0 aromatic carbocycles. The minimum Gasteiger partial charge on any atom is -0.354 e. The highest BCUT2D eigenvalue weighted by molar-refractivity contribution is 5.81. The Labute approximate surface area is 84.3 Å². The van der Waals surface area contributed by atoms with E-state index in [9.17, 15) is 4.79 Å². The Bertz CT molecular complexity index is 285. The number of nitrogens with one attached hydrogen (secondary N) is 1. The van der Waals surface area contributed by atoms with Gasteiger partial charge < -0.3 is 9.88 Å². The minimum absolute atomic E-state index is 0.0811. The van der Waals surface area contributed by atoms with Gasteiger partial charge in [0.25, 0.3) is 0 Å². The lowest BCUT2D eigenvalue weighted by atomic mass is 9.96. The number of carbonyl (C=O) groups is 1. The number of rotatable bonds is 3. The van der Waals surface area contributed by atoms with Crippen LogP contribution in [0, 0.1) is 5.41 Å². The van der Waals surface area contributed by atoms with Crippen LogP contribution in [-0.4, -0.2) is 22.0 Å². The van der Waals surface area contributed by atoms with Crippen molar-refractivity contribution in [3.05, 3.63) is 18.7 Å². The van der Waals surface area contributed by atoms with E-state index in [4.69, 9.17) is 0 Å². The minimum atomic E-state index is -0.311. The lowest BCUT2D eigenvalue weighted by Crippen LogP contribution is -2.36. The monoisotopic (exact) mass is 195 g/mol. The molecule has 1 heterocycles. The maximum atomic E-state index is 11.5. The molecule has 0 aliphatic rings. The van der Waals surface area contributed by atoms with E-state index in [0.717, 1.165) is 6.54 Å². The first-order chi connectivity index (χ1) is 6.50. The van der Waals surface area contributed by atoms with E-state index in [2.05, 4.69) is 10.3 Å². The Morgan fingerprint density at radius 3 is 2.71 bits per heavy atom. The molecular weight excluding hydrogens is 178 g/mol. The molecule has 0 radical (unpaired) electrons. The standard InChI is InChI=1S/C10H17N3O/c1-10(2,3)9(14)12-5-7-13-6-4-11-8-13/h4,6,8H,5,7H2,1-3H3,(H,12,14). The van der Waals surface area contributed by atoms with Crippen molar-refractivity contribution in [3.63, 3.8) is 0 Å². The van der Waals surface area contributed by atoms with Crippen LogP contribution in [0.4, 0.5) is 0 Å². The molecule has 0 spiro atoms. The number of imidazole rings is 1. The van der Waals surface area contributed by atoms with Crippen LogP contribution in [0.1, 0.15) is 20.8 Å². The summed E-state index contributed by atoms with van der Waals surface area (Å²) in [5, 5.41) is 2.87. The van der Waals surface area contributed by atoms with Crippen LogP contribution in [0.3, 0.4) is 0 Å². The second kappa shape index (κ2) is 4.26. The molecule has 0 saturated carbocycles. The molecule has 0 aliphatic heterocycles. The fraction of sp³-hybridized carbons (Fsp3) is 0.600. The van der Waals surface area contributed by atoms with Crippen molar-refractivity contribution in [1.29, 1.82) is 0 Å². The first-order valence-corrected chi connectivity index (χ1v) is 4.74. The summed E-state index contributed by atoms with van der Waals surface area (Å²) in [6.07, 6.45) is 5.35. The van der Waals surface area contributed by atoms with Gasteiger partial charge in [-0.2, -0.15) is 0 Å². The zero-order chi connectivity index (χ0) is 10.6. The number of hydrogen-bond acceptors (Lipinski definition) is 2. The molecule has 4 heteroatoms. The largest absolute Gasteiger partial charge is 0.354 e. The number of amides is 1. The van der Waals surface area contributed by atoms with Crippen molar-refractivity contribution in [3.8, 4) is 0 Å². The molecule has 14 heavy (non-hydrogen) atoms. The molecule has 1 N–H and O–H groups in total. The van der Waals surface area contributed by atoms with Crippen molar-refractivity contribution in [2.45, 2.75) is 27.3 Å². The van der Waals surface area contributed by atoms with Crippen LogP contribution in [0.25, 0.3) is 0 Å². The smallest absolute Gasteiger partial charge is 0.225 e. The highest BCUT2D eigenvalue weighted by atomic mass is 16.2. The normalized spacial score (nSPS) is 11.4. The summed E-state index contributed by atoms with van der Waals surface area (Å²) in [5.74, 6) is 0.0811. The Hall–Kier alpha value is -1.32. The summed E-state index contributed by atoms with van der Waals surface area (Å²) in [7, 11) is 0. The first kappa shape index (κ1) is 10.8. The fourth-order valence-electron chi connectivity index (χ4n) is 0.983. The third-order valence-corrected chi connectivity index (χ3v) is 1.90. The van der Waals surface area contributed by atoms with Crippen LogP contribution in [-0.2, 0) is 11.3 Å². The molecule has 1 rings (SSSR count). The van der Waals surface area contributed by atoms with E-state index < -0.39 is 0 Å². The predicted octanol–water partition coefficient (Wildman–Crippen LogP) is 1.05. The highest BCUT2D eigenvalue weighted by Crippen LogP contribution is 2.11. The second-order valence-electron chi connectivity index (χ2n) is 4.31. The summed E-state index contributed by atoms with van der Waals surface area (Å²) in [6.45, 7) is 7.12. The lowest BCUT2D eigenvalue weighted by molar-refractivity contribution is -0.128. The molecule has 0 atom stereocenters. The van der Waals surface area contributed by atoms with Crippen LogP contribution in [0.15, 0.2) is 18.7 Å². The molecule has 1 aromatic heterocycles. The molecule has 0 unspecified atom stereocenters. The van der Waals surface area contributed by atoms with Crippen molar-refractivity contribution in [2.75, 3.05) is 6.54 Å². The number of nitrogens with zero attached hydrogens (tertiary/aromatic N) is 2. The van der Waals surface area contributed by atoms with Gasteiger partial charge in [0.1, 0.15) is 0 Å². The number of aromatic nitrogens is 2. The predicted molar refractivity (Wildman–Crippen MR) is 54.7 cm³/mol. The number of hydrogen-bond donors (Lipinski definition) is 1. The SMILES string of the molecule is CC(C)(C)C(=O)NCCn1ccnc1. The Kier molecular flexibility index (Phi) is 3.28. The van der Waals surface area contributed by atoms with E-state index in [0.29, 0.717) is 6.54 Å². The van der Waals surface area contributed by atoms with Crippen molar-refractivity contribution < 1.29 is 4.79 Å². The average molecular weight is 195 g/mol. The van der Waals surface area contributed by atoms with E-state index in [-0.39, 0.29) is 11.3 Å². The summed E-state index contributed by atoms with van der Waals surface area (Å²) in [5.41, 5.74) is -0.311. The zero-order valence-corrected chi connectivity index (χ0v) is 8.95. The van der Waals surface area contributed by atoms with E-state index in [1.165, 1.54) is 0 Å². The summed E-state index contributed by atoms with van der Waals surface area (Å²) in [6, 6.07) is 0. The maximum Gasteiger partial charge on any atom is 0.225 e. The van der Waals surface area contributed by atoms with Crippen LogP contribution in [0.5, 0.6) is 0 Å². The van der Waals surface area contributed by atoms with Gasteiger partial charge in [-0.05, 0) is 0 Å². The average Bonchev–Trinajstić information content (AvgIpc) is 2.55. The molecular formula is C10H17N3O. The summed E-state index contributed by atoms with van der Waals surface area (Å²) in [4.78, 5) is 15.4. The van der Waals surface area contributed by atoms with Crippen LogP contribution >= 0.6 is 0 Å². The molecule has 0 fully saturated rings. The highest BCUT2D eigenvalue weighted by Gasteiger charge is 2.20. The summed E-state index contributed by atoms with van der Waals surface area (Å²) >= 11 is 0. The maximum absolute atomic E-state index is 11.5. The Morgan fingerprint density at radius 2 is 2.21 bits per heavy atom. The van der Waals surface area contributed by atoms with Gasteiger partial charge in [-0.15, -0.1) is 0 Å². The fourth-order valence-corrected chi connectivity index (χ4v) is 0.983. The van der Waals surface area contributed by atoms with Gasteiger partial charge in [0, 0.05) is 30.9 Å². The van der Waals surface area contributed by atoms with Gasteiger partial charge in [-0.1, -0.05) is 20.8 Å². The Balaban J connectivity index is 2.26. The van der Waals surface area contributed by atoms with Crippen molar-refractivity contribution in [1.82, 2.24) is 14.9 Å². The van der Waals surface area contributed by atoms with Crippen LogP contribution in [0.2, 0.25) is 0 Å². The van der Waals surface area contributed by atoms with E-state index in [1.54, 1.807) is 12.5 Å². The van der Waals surface area contributed by atoms with Gasteiger partial charge in [-0.3, -0.25) is 4.79 Å². The molecule has 1 amide bonds. The van der Waals surface area contributed by atoms with Gasteiger partial charge in [0.05, 0.1) is 6.33 Å². The molecule has 0 aliphatic carbocycles. The Morgan fingerprint density at radius 1 is 1.50 bits per heavy atom. The second-order valence-corrected chi connectivity index (χ2v) is 4.31. The van der Waals surface area contributed by atoms with Gasteiger partial charge in [0.15, 0.2) is 0 Å². The quantitative estimate of drug-likeness (QED) is 0.783. The van der Waals surface area contributed by atoms with Crippen LogP contribution < -0.4 is 5.32 Å². The van der Waals surface area contributed by atoms with E-state index in [1.807, 2.05) is 31.5 Å². The van der Waals surface area contributed by atoms with Gasteiger partial charge in [-0.25, -0.2) is 4.98 Å². The molecule has 1 aromatic rings. The molecule has 78 valence electrons. The number of carbonyl (C=O) groups excluding carboxylic acids is 1. The third-order valence-electron chi connectivity index (χ3n) is 1.90. The van der Waals surface area contributed by atoms with Crippen molar-refractivity contribution >= 4 is 5.91 Å². The first-order valence-electron chi connectivity index (χ1n) is 4.74. The topological polar surface area (TPSA) is 46.9 Å². The third kappa shape index (κ3) is 3.20. The van der Waals surface area contributed by atoms with Gasteiger partial charge >= 0.3 is 0 Å². The lowest BCUT2D eigenvalue weighted by Gasteiger charge is -2.17. The molecule has 0 saturated heterocycles. The van der Waals surface area contributed by atoms with E-state index >= 15 is 0 Å². The zero-order valence-electron chi connectivity index (χ0n) is 8.95.